The lowest BCUT2D eigenvalue weighted by Gasteiger charge is -2.29. The highest BCUT2D eigenvalue weighted by molar-refractivity contribution is 7.80. The molecule has 1 fully saturated rings. The summed E-state index contributed by atoms with van der Waals surface area (Å²) in [6.45, 7) is 6.25. The molecule has 4 nitrogen and oxygen atoms in total. The number of halogens is 1. The Bertz CT molecular complexity index is 1000. The minimum absolute atomic E-state index is 0.0722. The van der Waals surface area contributed by atoms with Gasteiger partial charge < -0.3 is 14.6 Å². The first-order chi connectivity index (χ1) is 13.5. The van der Waals surface area contributed by atoms with Gasteiger partial charge in [-0.1, -0.05) is 29.8 Å². The Balaban J connectivity index is 1.74. The number of aryl methyl sites for hydroxylation is 1. The maximum Gasteiger partial charge on any atom is 0.170 e. The molecular weight excluding hydrogens is 390 g/mol. The molecule has 0 amide bonds. The smallest absolute Gasteiger partial charge is 0.170 e. The highest BCUT2D eigenvalue weighted by atomic mass is 35.5. The third-order valence-electron chi connectivity index (χ3n) is 5.07. The van der Waals surface area contributed by atoms with Gasteiger partial charge in [0.25, 0.3) is 0 Å². The Kier molecular flexibility index (Phi) is 5.13. The van der Waals surface area contributed by atoms with Crippen molar-refractivity contribution in [2.45, 2.75) is 38.9 Å². The van der Waals surface area contributed by atoms with Crippen molar-refractivity contribution >= 4 is 28.9 Å². The van der Waals surface area contributed by atoms with Gasteiger partial charge in [-0.2, -0.15) is 0 Å². The van der Waals surface area contributed by atoms with Crippen LogP contribution in [0.15, 0.2) is 59.1 Å². The Labute approximate surface area is 175 Å². The molecule has 1 aromatic carbocycles. The lowest BCUT2D eigenvalue weighted by molar-refractivity contribution is 0.237. The number of pyridine rings is 1. The van der Waals surface area contributed by atoms with Gasteiger partial charge in [-0.25, -0.2) is 0 Å². The summed E-state index contributed by atoms with van der Waals surface area (Å²) in [6, 6.07) is 16.0. The van der Waals surface area contributed by atoms with E-state index < -0.39 is 0 Å². The summed E-state index contributed by atoms with van der Waals surface area (Å²) in [4.78, 5) is 6.72. The largest absolute Gasteiger partial charge is 0.459 e. The van der Waals surface area contributed by atoms with Crippen LogP contribution >= 0.6 is 23.8 Å². The number of thiocarbonyl (C=S) groups is 1. The van der Waals surface area contributed by atoms with Crippen molar-refractivity contribution in [1.29, 1.82) is 0 Å². The van der Waals surface area contributed by atoms with Gasteiger partial charge in [0.2, 0.25) is 0 Å². The topological polar surface area (TPSA) is 41.3 Å². The van der Waals surface area contributed by atoms with E-state index in [0.717, 1.165) is 33.4 Å². The van der Waals surface area contributed by atoms with E-state index in [1.165, 1.54) is 0 Å². The first kappa shape index (κ1) is 19.0. The molecule has 3 aromatic rings. The summed E-state index contributed by atoms with van der Waals surface area (Å²) in [7, 11) is 0. The number of hydrogen-bond acceptors (Lipinski definition) is 3. The SMILES string of the molecule is Cc1ccc(-c2ccc([C@@H]3[C@@H](c4ccccn4)NC(=S)N3C(C)C)o2)cc1Cl. The number of nitrogens with zero attached hydrogens (tertiary/aromatic N) is 2. The fourth-order valence-electron chi connectivity index (χ4n) is 3.64. The Morgan fingerprint density at radius 3 is 2.68 bits per heavy atom. The van der Waals surface area contributed by atoms with E-state index in [4.69, 9.17) is 28.2 Å². The average Bonchev–Trinajstić information content (AvgIpc) is 3.29. The molecule has 2 atom stereocenters. The lowest BCUT2D eigenvalue weighted by Crippen LogP contribution is -2.35. The van der Waals surface area contributed by atoms with Crippen molar-refractivity contribution < 1.29 is 4.42 Å². The van der Waals surface area contributed by atoms with E-state index in [2.05, 4.69) is 29.0 Å². The van der Waals surface area contributed by atoms with Gasteiger partial charge in [0.15, 0.2) is 5.11 Å². The Hall–Kier alpha value is -2.37. The molecule has 2 aromatic heterocycles. The zero-order chi connectivity index (χ0) is 19.8. The second-order valence-electron chi connectivity index (χ2n) is 7.29. The van der Waals surface area contributed by atoms with Crippen molar-refractivity contribution in [3.8, 4) is 11.3 Å². The van der Waals surface area contributed by atoms with Crippen LogP contribution in [0.1, 0.15) is 42.9 Å². The van der Waals surface area contributed by atoms with Crippen LogP contribution in [0, 0.1) is 6.92 Å². The van der Waals surface area contributed by atoms with Crippen LogP contribution in [0.2, 0.25) is 5.02 Å². The Morgan fingerprint density at radius 2 is 2.00 bits per heavy atom. The van der Waals surface area contributed by atoms with Crippen LogP contribution < -0.4 is 5.32 Å². The molecule has 3 heterocycles. The van der Waals surface area contributed by atoms with Crippen LogP contribution in [-0.4, -0.2) is 21.0 Å². The highest BCUT2D eigenvalue weighted by Gasteiger charge is 2.42. The van der Waals surface area contributed by atoms with Crippen LogP contribution in [-0.2, 0) is 0 Å². The van der Waals surface area contributed by atoms with Crippen molar-refractivity contribution in [3.05, 3.63) is 76.8 Å². The third kappa shape index (κ3) is 3.40. The first-order valence-electron chi connectivity index (χ1n) is 9.31. The maximum atomic E-state index is 6.30. The minimum atomic E-state index is -0.0725. The van der Waals surface area contributed by atoms with Crippen LogP contribution in [0.4, 0.5) is 0 Å². The van der Waals surface area contributed by atoms with Crippen LogP contribution in [0.5, 0.6) is 0 Å². The van der Waals surface area contributed by atoms with Gasteiger partial charge in [-0.3, -0.25) is 4.98 Å². The first-order valence-corrected chi connectivity index (χ1v) is 10.1. The molecule has 1 saturated heterocycles. The van der Waals surface area contributed by atoms with Gasteiger partial charge in [0, 0.05) is 22.8 Å². The average molecular weight is 412 g/mol. The number of benzene rings is 1. The molecule has 0 unspecified atom stereocenters. The molecule has 0 radical (unpaired) electrons. The van der Waals surface area contributed by atoms with Gasteiger partial charge in [0.1, 0.15) is 17.6 Å². The number of hydrogen-bond donors (Lipinski definition) is 1. The van der Waals surface area contributed by atoms with Gasteiger partial charge >= 0.3 is 0 Å². The molecule has 0 saturated carbocycles. The lowest BCUT2D eigenvalue weighted by atomic mass is 10.0. The molecule has 1 N–H and O–H groups in total. The standard InChI is InChI=1S/C22H22ClN3OS/c1-13(2)26-21(20(25-22(26)28)17-6-4-5-11-24-17)19-10-9-18(27-19)15-8-7-14(3)16(23)12-15/h4-13,20-21H,1-3H3,(H,25,28)/t20-,21-/m1/s1. The predicted molar refractivity (Wildman–Crippen MR) is 116 cm³/mol. The number of furan rings is 1. The van der Waals surface area contributed by atoms with Gasteiger partial charge in [0.05, 0.1) is 11.7 Å². The molecule has 0 bridgehead atoms. The monoisotopic (exact) mass is 411 g/mol. The summed E-state index contributed by atoms with van der Waals surface area (Å²) >= 11 is 11.9. The summed E-state index contributed by atoms with van der Waals surface area (Å²) in [5, 5.41) is 4.88. The molecule has 28 heavy (non-hydrogen) atoms. The van der Waals surface area contributed by atoms with Crippen molar-refractivity contribution in [2.24, 2.45) is 0 Å². The van der Waals surface area contributed by atoms with E-state index in [-0.39, 0.29) is 18.1 Å². The summed E-state index contributed by atoms with van der Waals surface area (Å²) in [6.07, 6.45) is 1.80. The highest BCUT2D eigenvalue weighted by Crippen LogP contribution is 2.41. The van der Waals surface area contributed by atoms with E-state index in [0.29, 0.717) is 5.11 Å². The van der Waals surface area contributed by atoms with E-state index in [9.17, 15) is 0 Å². The summed E-state index contributed by atoms with van der Waals surface area (Å²) in [5.74, 6) is 1.64. The zero-order valence-electron chi connectivity index (χ0n) is 16.0. The Morgan fingerprint density at radius 1 is 1.18 bits per heavy atom. The minimum Gasteiger partial charge on any atom is -0.459 e. The third-order valence-corrected chi connectivity index (χ3v) is 5.80. The number of rotatable bonds is 4. The van der Waals surface area contributed by atoms with E-state index in [1.807, 2.05) is 55.5 Å². The maximum absolute atomic E-state index is 6.30. The van der Waals surface area contributed by atoms with Crippen LogP contribution in [0.3, 0.4) is 0 Å². The van der Waals surface area contributed by atoms with Crippen molar-refractivity contribution in [3.63, 3.8) is 0 Å². The fourth-order valence-corrected chi connectivity index (χ4v) is 4.27. The molecule has 1 aliphatic rings. The van der Waals surface area contributed by atoms with Gasteiger partial charge in [-0.05, 0) is 68.9 Å². The fraction of sp³-hybridized carbons (Fsp3) is 0.273. The molecule has 0 spiro atoms. The normalized spacial score (nSPS) is 19.3. The number of nitrogens with one attached hydrogen (secondary N) is 1. The van der Waals surface area contributed by atoms with Gasteiger partial charge in [-0.15, -0.1) is 0 Å². The number of aromatic nitrogens is 1. The second-order valence-corrected chi connectivity index (χ2v) is 8.09. The van der Waals surface area contributed by atoms with Crippen molar-refractivity contribution in [2.75, 3.05) is 0 Å². The molecule has 144 valence electrons. The molecule has 6 heteroatoms. The second kappa shape index (κ2) is 7.57. The molecule has 1 aliphatic heterocycles. The quantitative estimate of drug-likeness (QED) is 0.559. The zero-order valence-corrected chi connectivity index (χ0v) is 17.6. The molecule has 4 rings (SSSR count). The van der Waals surface area contributed by atoms with Crippen LogP contribution in [0.25, 0.3) is 11.3 Å². The molecular formula is C22H22ClN3OS. The van der Waals surface area contributed by atoms with E-state index >= 15 is 0 Å². The van der Waals surface area contributed by atoms with E-state index in [1.54, 1.807) is 6.20 Å². The summed E-state index contributed by atoms with van der Waals surface area (Å²) in [5.41, 5.74) is 2.94. The summed E-state index contributed by atoms with van der Waals surface area (Å²) < 4.78 is 6.30. The predicted octanol–water partition coefficient (Wildman–Crippen LogP) is 5.68. The molecule has 0 aliphatic carbocycles. The van der Waals surface area contributed by atoms with Crippen molar-refractivity contribution in [1.82, 2.24) is 15.2 Å².